The van der Waals surface area contributed by atoms with Crippen molar-refractivity contribution in [3.8, 4) is 5.75 Å². The molecule has 0 fully saturated rings. The van der Waals surface area contributed by atoms with Crippen LogP contribution >= 0.6 is 34.7 Å². The van der Waals surface area contributed by atoms with Gasteiger partial charge in [-0.25, -0.2) is 0 Å². The zero-order chi connectivity index (χ0) is 19.8. The highest BCUT2D eigenvalue weighted by Gasteiger charge is 2.51. The fourth-order valence-electron chi connectivity index (χ4n) is 4.29. The number of ether oxygens (including phenoxy) is 1. The standard InChI is InChI=1S/C23H21ClO2S2/c1-22(2,3)12-5-8-17-15(9-12)16-11-27-21-19(23(16,4)26-17)20(25)14-7-6-13(24)10-18(14)28-21/h5-10,16H,11H2,1-4H3/t16-,23+/m1/s1. The minimum absolute atomic E-state index is 0.0731. The van der Waals surface area contributed by atoms with Crippen molar-refractivity contribution in [3.63, 3.8) is 0 Å². The Morgan fingerprint density at radius 1 is 1.18 bits per heavy atom. The molecule has 5 heteroatoms. The molecule has 0 N–H and O–H groups in total. The monoisotopic (exact) mass is 428 g/mol. The zero-order valence-electron chi connectivity index (χ0n) is 16.3. The number of hydrogen-bond acceptors (Lipinski definition) is 4. The van der Waals surface area contributed by atoms with Crippen LogP contribution in [0.4, 0.5) is 0 Å². The van der Waals surface area contributed by atoms with Crippen molar-refractivity contribution in [2.24, 2.45) is 0 Å². The second-order valence-corrected chi connectivity index (χ2v) is 11.6. The van der Waals surface area contributed by atoms with Gasteiger partial charge in [-0.1, -0.05) is 44.5 Å². The van der Waals surface area contributed by atoms with Crippen LogP contribution in [0.3, 0.4) is 0 Å². The Balaban J connectivity index is 1.72. The zero-order valence-corrected chi connectivity index (χ0v) is 18.6. The Bertz CT molecular complexity index is 1190. The van der Waals surface area contributed by atoms with E-state index in [0.29, 0.717) is 5.02 Å². The SMILES string of the molecule is CC(C)(C)c1ccc2c(c1)[C@H]1CSc3sc4cc(Cl)ccc4c(=O)c3[C@@]1(C)O2. The van der Waals surface area contributed by atoms with E-state index < -0.39 is 5.60 Å². The number of rotatable bonds is 0. The van der Waals surface area contributed by atoms with Crippen LogP contribution < -0.4 is 10.2 Å². The van der Waals surface area contributed by atoms with Gasteiger partial charge in [0, 0.05) is 32.3 Å². The van der Waals surface area contributed by atoms with E-state index in [1.807, 2.05) is 12.1 Å². The van der Waals surface area contributed by atoms with Gasteiger partial charge in [-0.05, 0) is 42.2 Å². The molecular weight excluding hydrogens is 408 g/mol. The Morgan fingerprint density at radius 3 is 2.71 bits per heavy atom. The minimum Gasteiger partial charge on any atom is -0.482 e. The molecule has 2 nitrogen and oxygen atoms in total. The summed E-state index contributed by atoms with van der Waals surface area (Å²) < 4.78 is 8.51. The molecule has 2 atom stereocenters. The number of thioether (sulfide) groups is 1. The Morgan fingerprint density at radius 2 is 1.96 bits per heavy atom. The molecule has 144 valence electrons. The molecule has 5 rings (SSSR count). The van der Waals surface area contributed by atoms with Crippen molar-refractivity contribution in [2.45, 2.75) is 48.8 Å². The summed E-state index contributed by atoms with van der Waals surface area (Å²) in [5.74, 6) is 1.99. The molecule has 1 aromatic heterocycles. The van der Waals surface area contributed by atoms with E-state index in [1.165, 1.54) is 11.1 Å². The summed E-state index contributed by atoms with van der Waals surface area (Å²) in [5, 5.41) is 1.39. The van der Waals surface area contributed by atoms with E-state index >= 15 is 0 Å². The van der Waals surface area contributed by atoms with Gasteiger partial charge < -0.3 is 4.74 Å². The molecule has 0 amide bonds. The fourth-order valence-corrected chi connectivity index (χ4v) is 7.54. The summed E-state index contributed by atoms with van der Waals surface area (Å²) in [6.07, 6.45) is 0. The van der Waals surface area contributed by atoms with E-state index in [-0.39, 0.29) is 16.8 Å². The van der Waals surface area contributed by atoms with Crippen molar-refractivity contribution in [1.82, 2.24) is 0 Å². The molecule has 0 unspecified atom stereocenters. The van der Waals surface area contributed by atoms with Crippen molar-refractivity contribution in [3.05, 3.63) is 68.3 Å². The molecule has 0 saturated carbocycles. The van der Waals surface area contributed by atoms with Gasteiger partial charge in [0.15, 0.2) is 5.43 Å². The van der Waals surface area contributed by atoms with Gasteiger partial charge >= 0.3 is 0 Å². The average molecular weight is 429 g/mol. The third-order valence-corrected chi connectivity index (χ3v) is 8.69. The van der Waals surface area contributed by atoms with Crippen LogP contribution in [0.2, 0.25) is 5.02 Å². The largest absolute Gasteiger partial charge is 0.482 e. The Hall–Kier alpha value is -1.49. The first kappa shape index (κ1) is 18.5. The highest BCUT2D eigenvalue weighted by Crippen LogP contribution is 2.57. The topological polar surface area (TPSA) is 26.3 Å². The summed E-state index contributed by atoms with van der Waals surface area (Å²) in [5.41, 5.74) is 2.86. The van der Waals surface area contributed by atoms with Crippen molar-refractivity contribution >= 4 is 44.8 Å². The summed E-state index contributed by atoms with van der Waals surface area (Å²) in [6, 6.07) is 12.0. The lowest BCUT2D eigenvalue weighted by atomic mass is 9.79. The maximum atomic E-state index is 13.5. The summed E-state index contributed by atoms with van der Waals surface area (Å²) in [7, 11) is 0. The van der Waals surface area contributed by atoms with Crippen molar-refractivity contribution < 1.29 is 4.74 Å². The van der Waals surface area contributed by atoms with Gasteiger partial charge in [-0.3, -0.25) is 4.79 Å². The molecule has 3 aromatic rings. The molecule has 28 heavy (non-hydrogen) atoms. The van der Waals surface area contributed by atoms with E-state index in [2.05, 4.69) is 45.9 Å². The molecule has 0 saturated heterocycles. The van der Waals surface area contributed by atoms with E-state index in [9.17, 15) is 4.79 Å². The van der Waals surface area contributed by atoms with E-state index in [4.69, 9.17) is 16.3 Å². The highest BCUT2D eigenvalue weighted by atomic mass is 35.5. The molecule has 0 aliphatic carbocycles. The van der Waals surface area contributed by atoms with Crippen molar-refractivity contribution in [1.29, 1.82) is 0 Å². The normalized spacial score (nSPS) is 23.1. The predicted molar refractivity (Wildman–Crippen MR) is 120 cm³/mol. The van der Waals surface area contributed by atoms with Crippen LogP contribution in [0, 0.1) is 0 Å². The van der Waals surface area contributed by atoms with Crippen LogP contribution in [0.15, 0.2) is 45.4 Å². The predicted octanol–water partition coefficient (Wildman–Crippen LogP) is 6.71. The quantitative estimate of drug-likeness (QED) is 0.398. The molecule has 2 aliphatic rings. The van der Waals surface area contributed by atoms with Crippen molar-refractivity contribution in [2.75, 3.05) is 5.75 Å². The summed E-state index contributed by atoms with van der Waals surface area (Å²) in [4.78, 5) is 13.5. The first-order valence-electron chi connectivity index (χ1n) is 9.41. The first-order valence-corrected chi connectivity index (χ1v) is 11.6. The summed E-state index contributed by atoms with van der Waals surface area (Å²) in [6.45, 7) is 8.76. The van der Waals surface area contributed by atoms with Gasteiger partial charge in [0.05, 0.1) is 9.77 Å². The van der Waals surface area contributed by atoms with Crippen LogP contribution in [0.25, 0.3) is 10.1 Å². The van der Waals surface area contributed by atoms with Crippen LogP contribution in [-0.2, 0) is 11.0 Å². The lowest BCUT2D eigenvalue weighted by Gasteiger charge is -2.35. The molecule has 2 aliphatic heterocycles. The number of hydrogen-bond donors (Lipinski definition) is 0. The van der Waals surface area contributed by atoms with Gasteiger partial charge in [-0.15, -0.1) is 23.1 Å². The Labute approximate surface area is 177 Å². The number of halogens is 1. The maximum absolute atomic E-state index is 13.5. The highest BCUT2D eigenvalue weighted by molar-refractivity contribution is 8.01. The van der Waals surface area contributed by atoms with Gasteiger partial charge in [0.1, 0.15) is 11.4 Å². The van der Waals surface area contributed by atoms with Crippen LogP contribution in [-0.4, -0.2) is 5.75 Å². The molecule has 0 spiro atoms. The number of benzene rings is 2. The smallest absolute Gasteiger partial charge is 0.196 e. The van der Waals surface area contributed by atoms with Crippen LogP contribution in [0.5, 0.6) is 5.75 Å². The van der Waals surface area contributed by atoms with Gasteiger partial charge in [0.2, 0.25) is 0 Å². The molecule has 0 radical (unpaired) electrons. The molecule has 2 aromatic carbocycles. The molecule has 3 heterocycles. The number of fused-ring (bicyclic) bond motifs is 6. The second-order valence-electron chi connectivity index (χ2n) is 8.81. The average Bonchev–Trinajstić information content (AvgIpc) is 2.91. The third-order valence-electron chi connectivity index (χ3n) is 5.94. The van der Waals surface area contributed by atoms with Gasteiger partial charge in [0.25, 0.3) is 0 Å². The molecule has 0 bridgehead atoms. The molecular formula is C23H21ClO2S2. The van der Waals surface area contributed by atoms with Crippen LogP contribution in [0.1, 0.15) is 50.3 Å². The third kappa shape index (κ3) is 2.58. The summed E-state index contributed by atoms with van der Waals surface area (Å²) >= 11 is 9.58. The van der Waals surface area contributed by atoms with Gasteiger partial charge in [-0.2, -0.15) is 0 Å². The maximum Gasteiger partial charge on any atom is 0.196 e. The lowest BCUT2D eigenvalue weighted by molar-refractivity contribution is 0.0886. The van der Waals surface area contributed by atoms with E-state index in [0.717, 1.165) is 31.4 Å². The Kier molecular flexibility index (Phi) is 3.98. The minimum atomic E-state index is -0.624. The lowest BCUT2D eigenvalue weighted by Crippen LogP contribution is -2.40. The first-order chi connectivity index (χ1) is 13.2. The second kappa shape index (κ2) is 6.01. The van der Waals surface area contributed by atoms with E-state index in [1.54, 1.807) is 29.2 Å². The fraction of sp³-hybridized carbons (Fsp3) is 0.348.